The van der Waals surface area contributed by atoms with Crippen molar-refractivity contribution in [3.8, 4) is 5.75 Å². The molecule has 1 aromatic carbocycles. The van der Waals surface area contributed by atoms with E-state index in [-0.39, 0.29) is 24.6 Å². The van der Waals surface area contributed by atoms with E-state index < -0.39 is 10.0 Å². The number of hydrogen-bond acceptors (Lipinski definition) is 4. The number of sulfonamides is 1. The number of benzene rings is 1. The second-order valence-electron chi connectivity index (χ2n) is 7.19. The van der Waals surface area contributed by atoms with Crippen LogP contribution in [0, 0.1) is 0 Å². The van der Waals surface area contributed by atoms with Crippen LogP contribution in [0.2, 0.25) is 0 Å². The molecule has 1 fully saturated rings. The molecule has 1 aliphatic carbocycles. The van der Waals surface area contributed by atoms with Crippen LogP contribution in [0.3, 0.4) is 0 Å². The van der Waals surface area contributed by atoms with Crippen LogP contribution < -0.4 is 14.4 Å². The lowest BCUT2D eigenvalue weighted by molar-refractivity contribution is -0.120. The van der Waals surface area contributed by atoms with E-state index in [1.807, 2.05) is 13.8 Å². The zero-order chi connectivity index (χ0) is 19.2. The molecule has 1 N–H and O–H groups in total. The maximum absolute atomic E-state index is 12.4. The summed E-state index contributed by atoms with van der Waals surface area (Å²) in [5, 5.41) is 3.00. The maximum Gasteiger partial charge on any atom is 0.240 e. The maximum atomic E-state index is 12.4. The van der Waals surface area contributed by atoms with Crippen molar-refractivity contribution in [3.05, 3.63) is 24.3 Å². The van der Waals surface area contributed by atoms with Crippen LogP contribution in [0.5, 0.6) is 5.75 Å². The molecule has 0 aliphatic heterocycles. The highest BCUT2D eigenvalue weighted by Gasteiger charge is 2.23. The first-order valence-electron chi connectivity index (χ1n) is 9.29. The fourth-order valence-corrected chi connectivity index (χ4v) is 4.05. The molecule has 0 heterocycles. The Hall–Kier alpha value is -1.76. The SMILES string of the molecule is CC(C)Oc1ccc(N(CC(=O)NC2CCCCCC2)S(C)(=O)=O)cc1. The molecule has 1 amide bonds. The summed E-state index contributed by atoms with van der Waals surface area (Å²) in [5.74, 6) is 0.407. The molecular weight excluding hydrogens is 352 g/mol. The number of rotatable bonds is 7. The second kappa shape index (κ2) is 9.26. The van der Waals surface area contributed by atoms with Crippen molar-refractivity contribution in [2.24, 2.45) is 0 Å². The van der Waals surface area contributed by atoms with Gasteiger partial charge in [-0.05, 0) is 51.0 Å². The van der Waals surface area contributed by atoms with Gasteiger partial charge in [-0.15, -0.1) is 0 Å². The number of ether oxygens (including phenoxy) is 1. The van der Waals surface area contributed by atoms with Gasteiger partial charge in [-0.2, -0.15) is 0 Å². The molecule has 0 bridgehead atoms. The van der Waals surface area contributed by atoms with Gasteiger partial charge < -0.3 is 10.1 Å². The molecule has 0 aromatic heterocycles. The topological polar surface area (TPSA) is 75.7 Å². The Morgan fingerprint density at radius 2 is 1.73 bits per heavy atom. The van der Waals surface area contributed by atoms with Gasteiger partial charge in [0.1, 0.15) is 12.3 Å². The van der Waals surface area contributed by atoms with Crippen molar-refractivity contribution in [2.75, 3.05) is 17.1 Å². The summed E-state index contributed by atoms with van der Waals surface area (Å²) < 4.78 is 31.1. The Labute approximate surface area is 157 Å². The third-order valence-electron chi connectivity index (χ3n) is 4.40. The summed E-state index contributed by atoms with van der Waals surface area (Å²) >= 11 is 0. The number of anilines is 1. The molecule has 0 saturated heterocycles. The van der Waals surface area contributed by atoms with E-state index in [2.05, 4.69) is 5.32 Å². The van der Waals surface area contributed by atoms with Crippen LogP contribution in [-0.4, -0.2) is 39.3 Å². The fourth-order valence-electron chi connectivity index (χ4n) is 3.19. The lowest BCUT2D eigenvalue weighted by atomic mass is 10.1. The van der Waals surface area contributed by atoms with Crippen molar-refractivity contribution < 1.29 is 17.9 Å². The standard InChI is InChI=1S/C19H30N2O4S/c1-15(2)25-18-12-10-17(11-13-18)21(26(3,23)24)14-19(22)20-16-8-6-4-5-7-9-16/h10-13,15-16H,4-9,14H2,1-3H3,(H,20,22). The van der Waals surface area contributed by atoms with Gasteiger partial charge in [-0.1, -0.05) is 25.7 Å². The van der Waals surface area contributed by atoms with Gasteiger partial charge in [-0.25, -0.2) is 8.42 Å². The van der Waals surface area contributed by atoms with Crippen LogP contribution >= 0.6 is 0 Å². The van der Waals surface area contributed by atoms with E-state index in [0.29, 0.717) is 11.4 Å². The van der Waals surface area contributed by atoms with Gasteiger partial charge in [-0.3, -0.25) is 9.10 Å². The minimum atomic E-state index is -3.57. The van der Waals surface area contributed by atoms with Gasteiger partial charge >= 0.3 is 0 Å². The normalized spacial score (nSPS) is 16.2. The summed E-state index contributed by atoms with van der Waals surface area (Å²) in [6, 6.07) is 6.91. The molecule has 2 rings (SSSR count). The van der Waals surface area contributed by atoms with E-state index in [9.17, 15) is 13.2 Å². The number of amides is 1. The Kier molecular flexibility index (Phi) is 7.32. The minimum absolute atomic E-state index is 0.0391. The Morgan fingerprint density at radius 1 is 1.15 bits per heavy atom. The average Bonchev–Trinajstić information content (AvgIpc) is 2.80. The molecule has 1 aliphatic rings. The molecule has 26 heavy (non-hydrogen) atoms. The summed E-state index contributed by atoms with van der Waals surface area (Å²) in [6.45, 7) is 3.64. The first-order chi connectivity index (χ1) is 12.3. The molecule has 1 saturated carbocycles. The van der Waals surface area contributed by atoms with E-state index in [4.69, 9.17) is 4.74 Å². The summed E-state index contributed by atoms with van der Waals surface area (Å²) in [4.78, 5) is 12.4. The first-order valence-corrected chi connectivity index (χ1v) is 11.1. The van der Waals surface area contributed by atoms with Gasteiger partial charge in [0, 0.05) is 6.04 Å². The quantitative estimate of drug-likeness (QED) is 0.735. The minimum Gasteiger partial charge on any atom is -0.491 e. The Morgan fingerprint density at radius 3 is 2.23 bits per heavy atom. The molecule has 0 spiro atoms. The molecule has 0 radical (unpaired) electrons. The highest BCUT2D eigenvalue weighted by atomic mass is 32.2. The van der Waals surface area contributed by atoms with Crippen LogP contribution in [-0.2, 0) is 14.8 Å². The van der Waals surface area contributed by atoms with Crippen LogP contribution in [0.4, 0.5) is 5.69 Å². The molecule has 146 valence electrons. The molecule has 7 heteroatoms. The third kappa shape index (κ3) is 6.52. The number of carbonyl (C=O) groups is 1. The number of hydrogen-bond donors (Lipinski definition) is 1. The van der Waals surface area contributed by atoms with Crippen molar-refractivity contribution in [3.63, 3.8) is 0 Å². The average molecular weight is 383 g/mol. The molecule has 6 nitrogen and oxygen atoms in total. The third-order valence-corrected chi connectivity index (χ3v) is 5.54. The summed E-state index contributed by atoms with van der Waals surface area (Å²) in [6.07, 6.45) is 7.70. The van der Waals surface area contributed by atoms with Crippen molar-refractivity contribution >= 4 is 21.6 Å². The van der Waals surface area contributed by atoms with Gasteiger partial charge in [0.15, 0.2) is 0 Å². The summed E-state index contributed by atoms with van der Waals surface area (Å²) in [7, 11) is -3.57. The van der Waals surface area contributed by atoms with Crippen molar-refractivity contribution in [2.45, 2.75) is 64.5 Å². The zero-order valence-electron chi connectivity index (χ0n) is 15.9. The highest BCUT2D eigenvalue weighted by Crippen LogP contribution is 2.22. The van der Waals surface area contributed by atoms with Gasteiger partial charge in [0.05, 0.1) is 18.0 Å². The van der Waals surface area contributed by atoms with Gasteiger partial charge in [0.25, 0.3) is 0 Å². The van der Waals surface area contributed by atoms with Crippen LogP contribution in [0.15, 0.2) is 24.3 Å². The largest absolute Gasteiger partial charge is 0.491 e. The Bertz CT molecular complexity index is 678. The first kappa shape index (κ1) is 20.6. The molecule has 0 atom stereocenters. The highest BCUT2D eigenvalue weighted by molar-refractivity contribution is 7.92. The van der Waals surface area contributed by atoms with Gasteiger partial charge in [0.2, 0.25) is 15.9 Å². The summed E-state index contributed by atoms with van der Waals surface area (Å²) in [5.41, 5.74) is 0.458. The predicted octanol–water partition coefficient (Wildman–Crippen LogP) is 3.08. The zero-order valence-corrected chi connectivity index (χ0v) is 16.7. The monoisotopic (exact) mass is 382 g/mol. The van der Waals surface area contributed by atoms with Crippen LogP contribution in [0.25, 0.3) is 0 Å². The number of nitrogens with zero attached hydrogens (tertiary/aromatic N) is 1. The Balaban J connectivity index is 2.06. The predicted molar refractivity (Wildman–Crippen MR) is 104 cm³/mol. The van der Waals surface area contributed by atoms with E-state index in [1.54, 1.807) is 24.3 Å². The molecule has 1 aromatic rings. The van der Waals surface area contributed by atoms with Crippen molar-refractivity contribution in [1.29, 1.82) is 0 Å². The number of carbonyl (C=O) groups excluding carboxylic acids is 1. The molecule has 0 unspecified atom stereocenters. The van der Waals surface area contributed by atoms with Crippen LogP contribution in [0.1, 0.15) is 52.4 Å². The van der Waals surface area contributed by atoms with E-state index >= 15 is 0 Å². The van der Waals surface area contributed by atoms with Crippen molar-refractivity contribution in [1.82, 2.24) is 5.32 Å². The number of nitrogens with one attached hydrogen (secondary N) is 1. The smallest absolute Gasteiger partial charge is 0.240 e. The molecular formula is C19H30N2O4S. The fraction of sp³-hybridized carbons (Fsp3) is 0.632. The van der Waals surface area contributed by atoms with E-state index in [1.165, 1.54) is 12.8 Å². The second-order valence-corrected chi connectivity index (χ2v) is 9.09. The lowest BCUT2D eigenvalue weighted by Crippen LogP contribution is -2.44. The lowest BCUT2D eigenvalue weighted by Gasteiger charge is -2.24. The van der Waals surface area contributed by atoms with E-state index in [0.717, 1.165) is 36.2 Å².